The third kappa shape index (κ3) is 4.65. The lowest BCUT2D eigenvalue weighted by molar-refractivity contribution is -0.139. The Morgan fingerprint density at radius 1 is 1.31 bits per heavy atom. The van der Waals surface area contributed by atoms with Crippen molar-refractivity contribution in [2.75, 3.05) is 27.2 Å². The summed E-state index contributed by atoms with van der Waals surface area (Å²) in [5.74, 6) is 0.416. The molecule has 1 aliphatic heterocycles. The first-order valence-corrected chi connectivity index (χ1v) is 10.0. The van der Waals surface area contributed by atoms with Gasteiger partial charge in [0.2, 0.25) is 5.91 Å². The van der Waals surface area contributed by atoms with Gasteiger partial charge in [0.1, 0.15) is 0 Å². The molecule has 1 saturated carbocycles. The SMILES string of the molecule is CN(C)Cc1cc([C@H]2CCCN(C(=O)CC3(O)CCCCC3)C2)nn1C. The van der Waals surface area contributed by atoms with Crippen molar-refractivity contribution >= 4 is 5.91 Å². The van der Waals surface area contributed by atoms with Crippen LogP contribution < -0.4 is 0 Å². The monoisotopic (exact) mass is 362 g/mol. The van der Waals surface area contributed by atoms with Crippen LogP contribution in [0.25, 0.3) is 0 Å². The largest absolute Gasteiger partial charge is 0.389 e. The van der Waals surface area contributed by atoms with Crippen molar-refractivity contribution < 1.29 is 9.90 Å². The van der Waals surface area contributed by atoms with Crippen molar-refractivity contribution in [2.45, 2.75) is 69.4 Å². The molecule has 6 nitrogen and oxygen atoms in total. The molecule has 1 aromatic heterocycles. The number of likely N-dealkylation sites (tertiary alicyclic amines) is 1. The average Bonchev–Trinajstić information content (AvgIpc) is 2.95. The lowest BCUT2D eigenvalue weighted by atomic mass is 9.82. The van der Waals surface area contributed by atoms with Crippen LogP contribution in [0.3, 0.4) is 0 Å². The molecule has 0 spiro atoms. The Hall–Kier alpha value is -1.40. The highest BCUT2D eigenvalue weighted by atomic mass is 16.3. The molecular weight excluding hydrogens is 328 g/mol. The Morgan fingerprint density at radius 2 is 2.04 bits per heavy atom. The van der Waals surface area contributed by atoms with Crippen LogP contribution in [0.5, 0.6) is 0 Å². The van der Waals surface area contributed by atoms with Gasteiger partial charge in [-0.15, -0.1) is 0 Å². The van der Waals surface area contributed by atoms with Crippen LogP contribution in [0.15, 0.2) is 6.07 Å². The summed E-state index contributed by atoms with van der Waals surface area (Å²) < 4.78 is 1.96. The molecule has 1 aromatic rings. The molecule has 1 aliphatic carbocycles. The zero-order chi connectivity index (χ0) is 18.7. The van der Waals surface area contributed by atoms with Gasteiger partial charge in [0.15, 0.2) is 0 Å². The van der Waals surface area contributed by atoms with E-state index in [1.807, 2.05) is 16.6 Å². The van der Waals surface area contributed by atoms with Gasteiger partial charge in [-0.25, -0.2) is 0 Å². The average molecular weight is 363 g/mol. The van der Waals surface area contributed by atoms with Gasteiger partial charge >= 0.3 is 0 Å². The minimum Gasteiger partial charge on any atom is -0.389 e. The summed E-state index contributed by atoms with van der Waals surface area (Å²) in [6, 6.07) is 2.19. The van der Waals surface area contributed by atoms with Gasteiger partial charge in [-0.1, -0.05) is 19.3 Å². The van der Waals surface area contributed by atoms with Crippen molar-refractivity contribution in [1.82, 2.24) is 19.6 Å². The minimum absolute atomic E-state index is 0.114. The minimum atomic E-state index is -0.772. The van der Waals surface area contributed by atoms with Crippen LogP contribution >= 0.6 is 0 Å². The molecule has 6 heteroatoms. The molecule has 1 amide bonds. The van der Waals surface area contributed by atoms with Crippen molar-refractivity contribution in [2.24, 2.45) is 7.05 Å². The van der Waals surface area contributed by atoms with Gasteiger partial charge < -0.3 is 14.9 Å². The molecule has 1 saturated heterocycles. The molecular formula is C20H34N4O2. The highest BCUT2D eigenvalue weighted by Gasteiger charge is 2.35. The molecule has 3 rings (SSSR count). The van der Waals surface area contributed by atoms with Gasteiger partial charge in [-0.3, -0.25) is 9.48 Å². The third-order valence-corrected chi connectivity index (χ3v) is 5.93. The molecule has 2 heterocycles. The first kappa shape index (κ1) is 19.4. The first-order valence-electron chi connectivity index (χ1n) is 10.0. The molecule has 0 bridgehead atoms. The number of hydrogen-bond donors (Lipinski definition) is 1. The van der Waals surface area contributed by atoms with E-state index < -0.39 is 5.60 Å². The summed E-state index contributed by atoms with van der Waals surface area (Å²) >= 11 is 0. The van der Waals surface area contributed by atoms with E-state index in [1.165, 1.54) is 12.1 Å². The Morgan fingerprint density at radius 3 is 2.73 bits per heavy atom. The van der Waals surface area contributed by atoms with Crippen molar-refractivity contribution in [1.29, 1.82) is 0 Å². The number of aryl methyl sites for hydroxylation is 1. The highest BCUT2D eigenvalue weighted by molar-refractivity contribution is 5.77. The Labute approximate surface area is 157 Å². The fourth-order valence-electron chi connectivity index (χ4n) is 4.43. The number of piperidine rings is 1. The van der Waals surface area contributed by atoms with Crippen LogP contribution in [-0.4, -0.2) is 63.4 Å². The van der Waals surface area contributed by atoms with Crippen LogP contribution in [-0.2, 0) is 18.4 Å². The second kappa shape index (κ2) is 8.09. The van der Waals surface area contributed by atoms with E-state index in [1.54, 1.807) is 0 Å². The van der Waals surface area contributed by atoms with Gasteiger partial charge in [0.25, 0.3) is 0 Å². The number of aliphatic hydroxyl groups is 1. The number of carbonyl (C=O) groups excluding carboxylic acids is 1. The van der Waals surface area contributed by atoms with E-state index >= 15 is 0 Å². The summed E-state index contributed by atoms with van der Waals surface area (Å²) in [5, 5.41) is 15.4. The number of aromatic nitrogens is 2. The van der Waals surface area contributed by atoms with Crippen LogP contribution in [0, 0.1) is 0 Å². The molecule has 2 aliphatic rings. The van der Waals surface area contributed by atoms with Crippen molar-refractivity contribution in [3.63, 3.8) is 0 Å². The maximum absolute atomic E-state index is 12.8. The van der Waals surface area contributed by atoms with Crippen LogP contribution in [0.2, 0.25) is 0 Å². The molecule has 146 valence electrons. The van der Waals surface area contributed by atoms with Gasteiger partial charge in [0, 0.05) is 32.6 Å². The highest BCUT2D eigenvalue weighted by Crippen LogP contribution is 2.33. The molecule has 0 unspecified atom stereocenters. The molecule has 2 fully saturated rings. The molecule has 0 radical (unpaired) electrons. The number of amides is 1. The van der Waals surface area contributed by atoms with Gasteiger partial charge in [0.05, 0.1) is 23.4 Å². The zero-order valence-corrected chi connectivity index (χ0v) is 16.6. The Bertz CT molecular complexity index is 619. The predicted molar refractivity (Wildman–Crippen MR) is 102 cm³/mol. The normalized spacial score (nSPS) is 23.4. The maximum atomic E-state index is 12.8. The topological polar surface area (TPSA) is 61.6 Å². The van der Waals surface area contributed by atoms with E-state index in [9.17, 15) is 9.90 Å². The maximum Gasteiger partial charge on any atom is 0.225 e. The fourth-order valence-corrected chi connectivity index (χ4v) is 4.43. The smallest absolute Gasteiger partial charge is 0.225 e. The number of carbonyl (C=O) groups is 1. The zero-order valence-electron chi connectivity index (χ0n) is 16.6. The number of rotatable bonds is 5. The lowest BCUT2D eigenvalue weighted by Crippen LogP contribution is -2.44. The fraction of sp³-hybridized carbons (Fsp3) is 0.800. The summed E-state index contributed by atoms with van der Waals surface area (Å²) in [5.41, 5.74) is 1.52. The third-order valence-electron chi connectivity index (χ3n) is 5.93. The lowest BCUT2D eigenvalue weighted by Gasteiger charge is -2.36. The predicted octanol–water partition coefficient (Wildman–Crippen LogP) is 2.27. The second-order valence-electron chi connectivity index (χ2n) is 8.56. The molecule has 1 atom stereocenters. The summed E-state index contributed by atoms with van der Waals surface area (Å²) in [7, 11) is 6.11. The van der Waals surface area contributed by atoms with E-state index in [0.29, 0.717) is 5.92 Å². The number of nitrogens with zero attached hydrogens (tertiary/aromatic N) is 4. The summed E-state index contributed by atoms with van der Waals surface area (Å²) in [4.78, 5) is 16.9. The van der Waals surface area contributed by atoms with Crippen molar-refractivity contribution in [3.05, 3.63) is 17.5 Å². The Balaban J connectivity index is 1.62. The van der Waals surface area contributed by atoms with E-state index in [-0.39, 0.29) is 12.3 Å². The van der Waals surface area contributed by atoms with Crippen LogP contribution in [0.4, 0.5) is 0 Å². The molecule has 1 N–H and O–H groups in total. The van der Waals surface area contributed by atoms with Gasteiger partial charge in [-0.2, -0.15) is 5.10 Å². The summed E-state index contributed by atoms with van der Waals surface area (Å²) in [6.07, 6.45) is 7.16. The Kier molecular flexibility index (Phi) is 6.03. The molecule has 26 heavy (non-hydrogen) atoms. The van der Waals surface area contributed by atoms with E-state index in [0.717, 1.165) is 63.9 Å². The van der Waals surface area contributed by atoms with E-state index in [4.69, 9.17) is 5.10 Å². The number of hydrogen-bond acceptors (Lipinski definition) is 4. The van der Waals surface area contributed by atoms with Crippen molar-refractivity contribution in [3.8, 4) is 0 Å². The first-order chi connectivity index (χ1) is 12.4. The summed E-state index contributed by atoms with van der Waals surface area (Å²) in [6.45, 7) is 2.40. The van der Waals surface area contributed by atoms with Gasteiger partial charge in [-0.05, 0) is 45.8 Å². The quantitative estimate of drug-likeness (QED) is 0.873. The van der Waals surface area contributed by atoms with Crippen LogP contribution in [0.1, 0.15) is 68.7 Å². The second-order valence-corrected chi connectivity index (χ2v) is 8.56. The standard InChI is InChI=1S/C20H34N4O2/c1-22(2)15-17-12-18(21-23(17)3)16-8-7-11-24(14-16)19(25)13-20(26)9-5-4-6-10-20/h12,16,26H,4-11,13-15H2,1-3H3/t16-/m0/s1. The van der Waals surface area contributed by atoms with E-state index in [2.05, 4.69) is 25.1 Å². The molecule has 0 aromatic carbocycles.